The van der Waals surface area contributed by atoms with Crippen LogP contribution < -0.4 is 5.32 Å². The number of nitrogens with zero attached hydrogens (tertiary/aromatic N) is 2. The highest BCUT2D eigenvalue weighted by Crippen LogP contribution is 2.29. The lowest BCUT2D eigenvalue weighted by Crippen LogP contribution is -2.15. The van der Waals surface area contributed by atoms with Gasteiger partial charge in [0.2, 0.25) is 5.91 Å². The molecule has 1 amide bonds. The van der Waals surface area contributed by atoms with Crippen molar-refractivity contribution in [3.63, 3.8) is 0 Å². The van der Waals surface area contributed by atoms with Gasteiger partial charge in [0.1, 0.15) is 0 Å². The molecule has 19 heavy (non-hydrogen) atoms. The summed E-state index contributed by atoms with van der Waals surface area (Å²) in [5, 5.41) is 7.76. The first kappa shape index (κ1) is 12.5. The molecule has 2 aromatic heterocycles. The molecule has 4 nitrogen and oxygen atoms in total. The Morgan fingerprint density at radius 2 is 2.26 bits per heavy atom. The summed E-state index contributed by atoms with van der Waals surface area (Å²) in [5.41, 5.74) is 1.83. The van der Waals surface area contributed by atoms with Crippen LogP contribution in [0.15, 0.2) is 30.6 Å². The molecule has 0 spiro atoms. The van der Waals surface area contributed by atoms with Crippen molar-refractivity contribution in [2.24, 2.45) is 0 Å². The third kappa shape index (κ3) is 3.10. The zero-order valence-electron chi connectivity index (χ0n) is 10.7. The summed E-state index contributed by atoms with van der Waals surface area (Å²) in [6, 6.07) is 5.73. The van der Waals surface area contributed by atoms with E-state index in [1.165, 1.54) is 25.7 Å². The van der Waals surface area contributed by atoms with Crippen LogP contribution in [0.4, 0.5) is 5.69 Å². The fraction of sp³-hybridized carbons (Fsp3) is 0.429. The molecule has 1 fully saturated rings. The first-order chi connectivity index (χ1) is 9.31. The minimum Gasteiger partial charge on any atom is -0.325 e. The molecule has 0 radical (unpaired) electrons. The number of carbonyl (C=O) groups is 1. The van der Waals surface area contributed by atoms with Gasteiger partial charge in [-0.25, -0.2) is 4.52 Å². The number of thioether (sulfide) groups is 1. The second kappa shape index (κ2) is 5.65. The lowest BCUT2D eigenvalue weighted by molar-refractivity contribution is -0.113. The molecule has 0 aliphatic heterocycles. The van der Waals surface area contributed by atoms with Crippen molar-refractivity contribution in [3.05, 3.63) is 30.6 Å². The maximum atomic E-state index is 11.9. The molecule has 5 heteroatoms. The van der Waals surface area contributed by atoms with Crippen LogP contribution >= 0.6 is 11.8 Å². The molecule has 1 saturated carbocycles. The molecular formula is C14H17N3OS. The van der Waals surface area contributed by atoms with Crippen LogP contribution in [0, 0.1) is 0 Å². The van der Waals surface area contributed by atoms with Gasteiger partial charge in [0.05, 0.1) is 11.3 Å². The molecule has 3 rings (SSSR count). The Labute approximate surface area is 116 Å². The zero-order chi connectivity index (χ0) is 13.1. The van der Waals surface area contributed by atoms with E-state index in [9.17, 15) is 4.79 Å². The molecule has 0 bridgehead atoms. The zero-order valence-corrected chi connectivity index (χ0v) is 11.5. The quantitative estimate of drug-likeness (QED) is 0.933. The molecule has 1 aliphatic rings. The summed E-state index contributed by atoms with van der Waals surface area (Å²) in [5.74, 6) is 0.635. The number of hydrogen-bond acceptors (Lipinski definition) is 3. The van der Waals surface area contributed by atoms with Crippen LogP contribution in [0.1, 0.15) is 25.7 Å². The predicted molar refractivity (Wildman–Crippen MR) is 78.5 cm³/mol. The summed E-state index contributed by atoms with van der Waals surface area (Å²) < 4.78 is 1.78. The summed E-state index contributed by atoms with van der Waals surface area (Å²) >= 11 is 1.79. The number of amides is 1. The van der Waals surface area contributed by atoms with E-state index in [2.05, 4.69) is 10.4 Å². The molecule has 2 aromatic rings. The minimum atomic E-state index is 0.0840. The normalized spacial score (nSPS) is 16.0. The highest BCUT2D eigenvalue weighted by Gasteiger charge is 2.16. The Hall–Kier alpha value is -1.49. The number of aromatic nitrogens is 2. The molecule has 0 atom stereocenters. The van der Waals surface area contributed by atoms with Crippen LogP contribution in [0.3, 0.4) is 0 Å². The molecule has 0 saturated heterocycles. The Bertz CT molecular complexity index is 575. The summed E-state index contributed by atoms with van der Waals surface area (Å²) in [7, 11) is 0. The summed E-state index contributed by atoms with van der Waals surface area (Å²) in [4.78, 5) is 11.9. The molecule has 100 valence electrons. The third-order valence-corrected chi connectivity index (χ3v) is 4.81. The van der Waals surface area contributed by atoms with Crippen LogP contribution in [0.25, 0.3) is 5.52 Å². The number of carbonyl (C=O) groups excluding carboxylic acids is 1. The van der Waals surface area contributed by atoms with Crippen molar-refractivity contribution < 1.29 is 4.79 Å². The predicted octanol–water partition coefficient (Wildman–Crippen LogP) is 2.95. The fourth-order valence-corrected chi connectivity index (χ4v) is 3.57. The smallest absolute Gasteiger partial charge is 0.234 e. The second-order valence-electron chi connectivity index (χ2n) is 4.88. The molecule has 0 aromatic carbocycles. The number of pyridine rings is 1. The minimum absolute atomic E-state index is 0.0840. The molecule has 1 aliphatic carbocycles. The number of nitrogens with one attached hydrogen (secondary N) is 1. The molecule has 1 N–H and O–H groups in total. The lowest BCUT2D eigenvalue weighted by atomic mass is 10.3. The third-order valence-electron chi connectivity index (χ3n) is 3.44. The Morgan fingerprint density at radius 1 is 1.42 bits per heavy atom. The van der Waals surface area contributed by atoms with Gasteiger partial charge in [-0.1, -0.05) is 12.8 Å². The number of fused-ring (bicyclic) bond motifs is 1. The van der Waals surface area contributed by atoms with E-state index in [0.29, 0.717) is 11.0 Å². The first-order valence-electron chi connectivity index (χ1n) is 6.66. The van der Waals surface area contributed by atoms with Gasteiger partial charge in [-0.05, 0) is 31.0 Å². The Morgan fingerprint density at radius 3 is 3.11 bits per heavy atom. The van der Waals surface area contributed by atoms with Gasteiger partial charge in [0, 0.05) is 23.3 Å². The molecular weight excluding hydrogens is 258 g/mol. The Kier molecular flexibility index (Phi) is 3.73. The van der Waals surface area contributed by atoms with E-state index in [4.69, 9.17) is 0 Å². The fourth-order valence-electron chi connectivity index (χ4n) is 2.45. The number of anilines is 1. The number of rotatable bonds is 4. The van der Waals surface area contributed by atoms with Crippen molar-refractivity contribution in [2.75, 3.05) is 11.1 Å². The van der Waals surface area contributed by atoms with E-state index >= 15 is 0 Å². The average Bonchev–Trinajstić information content (AvgIpc) is 3.07. The first-order valence-corrected chi connectivity index (χ1v) is 7.71. The van der Waals surface area contributed by atoms with E-state index in [1.54, 1.807) is 22.5 Å². The second-order valence-corrected chi connectivity index (χ2v) is 6.17. The van der Waals surface area contributed by atoms with Crippen LogP contribution in [-0.2, 0) is 4.79 Å². The van der Waals surface area contributed by atoms with Gasteiger partial charge in [0.25, 0.3) is 0 Å². The van der Waals surface area contributed by atoms with Crippen LogP contribution in [0.5, 0.6) is 0 Å². The number of hydrogen-bond donors (Lipinski definition) is 1. The Balaban J connectivity index is 1.55. The van der Waals surface area contributed by atoms with E-state index in [0.717, 1.165) is 11.2 Å². The highest BCUT2D eigenvalue weighted by molar-refractivity contribution is 8.00. The standard InChI is InChI=1S/C14H17N3OS/c18-14(10-19-13-3-1-2-4-13)16-11-6-8-17-12(9-11)5-7-15-17/h5-9,13H,1-4,10H2,(H,16,18). The van der Waals surface area contributed by atoms with Gasteiger partial charge in [-0.15, -0.1) is 11.8 Å². The van der Waals surface area contributed by atoms with Crippen molar-refractivity contribution in [3.8, 4) is 0 Å². The summed E-state index contributed by atoms with van der Waals surface area (Å²) in [6.07, 6.45) is 8.76. The van der Waals surface area contributed by atoms with E-state index in [-0.39, 0.29) is 5.91 Å². The summed E-state index contributed by atoms with van der Waals surface area (Å²) in [6.45, 7) is 0. The van der Waals surface area contributed by atoms with Gasteiger partial charge in [0.15, 0.2) is 0 Å². The van der Waals surface area contributed by atoms with Gasteiger partial charge >= 0.3 is 0 Å². The van der Waals surface area contributed by atoms with E-state index < -0.39 is 0 Å². The van der Waals surface area contributed by atoms with E-state index in [1.807, 2.05) is 24.4 Å². The van der Waals surface area contributed by atoms with Crippen molar-refractivity contribution in [2.45, 2.75) is 30.9 Å². The maximum absolute atomic E-state index is 11.9. The lowest BCUT2D eigenvalue weighted by Gasteiger charge is -2.09. The maximum Gasteiger partial charge on any atom is 0.234 e. The van der Waals surface area contributed by atoms with Crippen molar-refractivity contribution in [1.82, 2.24) is 9.61 Å². The van der Waals surface area contributed by atoms with Crippen molar-refractivity contribution >= 4 is 28.9 Å². The molecule has 0 unspecified atom stereocenters. The van der Waals surface area contributed by atoms with Gasteiger partial charge in [-0.2, -0.15) is 5.10 Å². The van der Waals surface area contributed by atoms with Crippen LogP contribution in [0.2, 0.25) is 0 Å². The monoisotopic (exact) mass is 275 g/mol. The molecule has 2 heterocycles. The SMILES string of the molecule is O=C(CSC1CCCC1)Nc1ccn2nccc2c1. The van der Waals surface area contributed by atoms with Crippen LogP contribution in [-0.4, -0.2) is 26.5 Å². The highest BCUT2D eigenvalue weighted by atomic mass is 32.2. The van der Waals surface area contributed by atoms with Gasteiger partial charge < -0.3 is 5.32 Å². The topological polar surface area (TPSA) is 46.4 Å². The average molecular weight is 275 g/mol. The van der Waals surface area contributed by atoms with Gasteiger partial charge in [-0.3, -0.25) is 4.79 Å². The van der Waals surface area contributed by atoms with Crippen molar-refractivity contribution in [1.29, 1.82) is 0 Å². The largest absolute Gasteiger partial charge is 0.325 e.